The molecular weight excluding hydrogens is 402 g/mol. The number of carbonyl (C=O) groups is 1. The highest BCUT2D eigenvalue weighted by atomic mass is 16.5. The number of nitrogens with one attached hydrogen (secondary N) is 1. The maximum atomic E-state index is 13.4. The smallest absolute Gasteiger partial charge is 0.263 e. The predicted molar refractivity (Wildman–Crippen MR) is 128 cm³/mol. The second kappa shape index (κ2) is 9.17. The van der Waals surface area contributed by atoms with Gasteiger partial charge in [-0.2, -0.15) is 0 Å². The molecule has 0 spiro atoms. The molecule has 32 heavy (non-hydrogen) atoms. The number of likely N-dealkylation sites (N-methyl/N-ethyl adjacent to an activating group) is 1. The molecule has 168 valence electrons. The molecule has 1 N–H and O–H groups in total. The minimum Gasteiger partial charge on any atom is -0.492 e. The van der Waals surface area contributed by atoms with Crippen molar-refractivity contribution in [2.24, 2.45) is 0 Å². The number of aromatic nitrogens is 1. The number of nitrogens with zero attached hydrogens (tertiary/aromatic N) is 2. The summed E-state index contributed by atoms with van der Waals surface area (Å²) < 4.78 is 7.52. The first kappa shape index (κ1) is 22.1. The van der Waals surface area contributed by atoms with Crippen LogP contribution in [0, 0.1) is 6.92 Å². The normalized spacial score (nSPS) is 13.7. The van der Waals surface area contributed by atoms with E-state index in [2.05, 4.69) is 31.1 Å². The van der Waals surface area contributed by atoms with E-state index in [9.17, 15) is 9.59 Å². The molecule has 1 aliphatic carbocycles. The molecule has 0 aliphatic heterocycles. The summed E-state index contributed by atoms with van der Waals surface area (Å²) in [5.74, 6) is 0.587. The molecule has 1 saturated carbocycles. The van der Waals surface area contributed by atoms with Crippen molar-refractivity contribution in [3.05, 3.63) is 70.1 Å². The number of benzene rings is 2. The summed E-state index contributed by atoms with van der Waals surface area (Å²) in [6.45, 7) is 7.59. The Labute approximate surface area is 188 Å². The number of amides is 1. The zero-order valence-corrected chi connectivity index (χ0v) is 19.2. The lowest BCUT2D eigenvalue weighted by molar-refractivity contribution is 0.0951. The third-order valence-corrected chi connectivity index (χ3v) is 6.11. The summed E-state index contributed by atoms with van der Waals surface area (Å²) in [6.07, 6.45) is 3.84. The van der Waals surface area contributed by atoms with Crippen molar-refractivity contribution in [2.45, 2.75) is 45.7 Å². The van der Waals surface area contributed by atoms with E-state index < -0.39 is 0 Å². The van der Waals surface area contributed by atoms with E-state index in [1.807, 2.05) is 43.3 Å². The topological polar surface area (TPSA) is 63.6 Å². The largest absolute Gasteiger partial charge is 0.492 e. The van der Waals surface area contributed by atoms with Crippen molar-refractivity contribution in [3.8, 4) is 11.4 Å². The summed E-state index contributed by atoms with van der Waals surface area (Å²) in [7, 11) is 2.06. The van der Waals surface area contributed by atoms with Crippen molar-refractivity contribution in [1.29, 1.82) is 0 Å². The fraction of sp³-hybridized carbons (Fsp3) is 0.385. The Hall–Kier alpha value is -3.12. The van der Waals surface area contributed by atoms with Crippen molar-refractivity contribution >= 4 is 16.7 Å². The van der Waals surface area contributed by atoms with Crippen molar-refractivity contribution in [2.75, 3.05) is 20.2 Å². The Bertz CT molecular complexity index is 1190. The van der Waals surface area contributed by atoms with Crippen molar-refractivity contribution < 1.29 is 9.53 Å². The first-order valence-electron chi connectivity index (χ1n) is 11.2. The van der Waals surface area contributed by atoms with Crippen LogP contribution in [-0.4, -0.2) is 47.7 Å². The minimum absolute atomic E-state index is 0.0929. The lowest BCUT2D eigenvalue weighted by Gasteiger charge is -2.20. The van der Waals surface area contributed by atoms with Gasteiger partial charge in [-0.3, -0.25) is 14.2 Å². The van der Waals surface area contributed by atoms with E-state index in [0.29, 0.717) is 35.0 Å². The van der Waals surface area contributed by atoms with Crippen LogP contribution in [0.2, 0.25) is 0 Å². The average molecular weight is 434 g/mol. The molecule has 3 aromatic rings. The molecule has 4 rings (SSSR count). The number of hydrogen-bond donors (Lipinski definition) is 1. The Kier molecular flexibility index (Phi) is 6.33. The minimum atomic E-state index is -0.130. The molecule has 0 radical (unpaired) electrons. The lowest BCUT2D eigenvalue weighted by Crippen LogP contribution is -2.30. The fourth-order valence-corrected chi connectivity index (χ4v) is 3.57. The van der Waals surface area contributed by atoms with Crippen LogP contribution in [-0.2, 0) is 0 Å². The van der Waals surface area contributed by atoms with Gasteiger partial charge in [-0.15, -0.1) is 0 Å². The van der Waals surface area contributed by atoms with E-state index in [-0.39, 0.29) is 17.5 Å². The molecule has 1 amide bonds. The number of aryl methyl sites for hydroxylation is 1. The van der Waals surface area contributed by atoms with Crippen LogP contribution in [0.5, 0.6) is 5.75 Å². The Morgan fingerprint density at radius 2 is 1.97 bits per heavy atom. The third-order valence-electron chi connectivity index (χ3n) is 6.11. The summed E-state index contributed by atoms with van der Waals surface area (Å²) in [5.41, 5.74) is 2.08. The number of hydrogen-bond acceptors (Lipinski definition) is 4. The number of pyridine rings is 1. The zero-order chi connectivity index (χ0) is 22.8. The standard InChI is InChI=1S/C26H31N3O3/c1-17(2)28(4)13-14-32-22-10-7-19-11-12-29(26(31)23(19)16-22)24-15-20(6-5-18(24)3)25(30)27-21-8-9-21/h5-7,10-12,15-17,21H,8-9,13-14H2,1-4H3,(H,27,30). The van der Waals surface area contributed by atoms with E-state index in [1.165, 1.54) is 0 Å². The van der Waals surface area contributed by atoms with E-state index >= 15 is 0 Å². The Morgan fingerprint density at radius 1 is 1.19 bits per heavy atom. The number of carbonyl (C=O) groups excluding carboxylic acids is 1. The third kappa shape index (κ3) is 4.86. The Balaban J connectivity index is 1.62. The second-order valence-corrected chi connectivity index (χ2v) is 8.91. The van der Waals surface area contributed by atoms with Crippen LogP contribution < -0.4 is 15.6 Å². The van der Waals surface area contributed by atoms with Gasteiger partial charge in [0.15, 0.2) is 0 Å². The Morgan fingerprint density at radius 3 is 2.69 bits per heavy atom. The fourth-order valence-electron chi connectivity index (χ4n) is 3.57. The van der Waals surface area contributed by atoms with Crippen LogP contribution >= 0.6 is 0 Å². The van der Waals surface area contributed by atoms with E-state index in [1.54, 1.807) is 16.8 Å². The van der Waals surface area contributed by atoms with Crippen LogP contribution in [0.3, 0.4) is 0 Å². The summed E-state index contributed by atoms with van der Waals surface area (Å²) in [4.78, 5) is 28.1. The van der Waals surface area contributed by atoms with Gasteiger partial charge in [0.05, 0.1) is 11.1 Å². The first-order valence-corrected chi connectivity index (χ1v) is 11.2. The molecule has 1 aliphatic rings. The van der Waals surface area contributed by atoms with Gasteiger partial charge in [0.2, 0.25) is 0 Å². The lowest BCUT2D eigenvalue weighted by atomic mass is 10.1. The highest BCUT2D eigenvalue weighted by molar-refractivity contribution is 5.95. The van der Waals surface area contributed by atoms with Gasteiger partial charge in [0.1, 0.15) is 12.4 Å². The van der Waals surface area contributed by atoms with Crippen LogP contribution in [0.4, 0.5) is 0 Å². The molecule has 0 unspecified atom stereocenters. The van der Waals surface area contributed by atoms with Gasteiger partial charge < -0.3 is 15.0 Å². The van der Waals surface area contributed by atoms with Crippen LogP contribution in [0.1, 0.15) is 42.6 Å². The summed E-state index contributed by atoms with van der Waals surface area (Å²) in [5, 5.41) is 4.46. The molecule has 0 atom stereocenters. The van der Waals surface area contributed by atoms with Gasteiger partial charge in [-0.1, -0.05) is 12.1 Å². The summed E-state index contributed by atoms with van der Waals surface area (Å²) in [6, 6.07) is 13.8. The predicted octanol–water partition coefficient (Wildman–Crippen LogP) is 3.91. The SMILES string of the molecule is Cc1ccc(C(=O)NC2CC2)cc1-n1ccc2ccc(OCCN(C)C(C)C)cc2c1=O. The molecule has 0 bridgehead atoms. The molecule has 6 heteroatoms. The zero-order valence-electron chi connectivity index (χ0n) is 19.2. The highest BCUT2D eigenvalue weighted by Crippen LogP contribution is 2.22. The molecule has 6 nitrogen and oxygen atoms in total. The molecular formula is C26H31N3O3. The van der Waals surface area contributed by atoms with Crippen molar-refractivity contribution in [1.82, 2.24) is 14.8 Å². The molecule has 0 saturated heterocycles. The maximum Gasteiger partial charge on any atom is 0.263 e. The molecule has 2 aromatic carbocycles. The number of fused-ring (bicyclic) bond motifs is 1. The number of rotatable bonds is 8. The van der Waals surface area contributed by atoms with Gasteiger partial charge >= 0.3 is 0 Å². The average Bonchev–Trinajstić information content (AvgIpc) is 3.58. The quantitative estimate of drug-likeness (QED) is 0.585. The van der Waals surface area contributed by atoms with E-state index in [0.717, 1.165) is 30.3 Å². The van der Waals surface area contributed by atoms with Gasteiger partial charge in [0.25, 0.3) is 11.5 Å². The molecule has 1 fully saturated rings. The van der Waals surface area contributed by atoms with Crippen LogP contribution in [0.15, 0.2) is 53.5 Å². The van der Waals surface area contributed by atoms with Crippen molar-refractivity contribution in [3.63, 3.8) is 0 Å². The highest BCUT2D eigenvalue weighted by Gasteiger charge is 2.24. The summed E-state index contributed by atoms with van der Waals surface area (Å²) >= 11 is 0. The number of ether oxygens (including phenoxy) is 1. The van der Waals surface area contributed by atoms with Gasteiger partial charge in [0, 0.05) is 30.4 Å². The van der Waals surface area contributed by atoms with Gasteiger partial charge in [-0.05, 0) is 81.9 Å². The molecule has 1 aromatic heterocycles. The second-order valence-electron chi connectivity index (χ2n) is 8.91. The monoisotopic (exact) mass is 433 g/mol. The molecule has 1 heterocycles. The first-order chi connectivity index (χ1) is 15.3. The van der Waals surface area contributed by atoms with E-state index in [4.69, 9.17) is 4.74 Å². The van der Waals surface area contributed by atoms with Crippen LogP contribution in [0.25, 0.3) is 16.5 Å². The van der Waals surface area contributed by atoms with Gasteiger partial charge in [-0.25, -0.2) is 0 Å². The maximum absolute atomic E-state index is 13.4.